The lowest BCUT2D eigenvalue weighted by Crippen LogP contribution is -2.30. The average Bonchev–Trinajstić information content (AvgIpc) is 2.77. The first-order valence-corrected chi connectivity index (χ1v) is 10.0. The van der Waals surface area contributed by atoms with Gasteiger partial charge in [0.15, 0.2) is 6.10 Å². The van der Waals surface area contributed by atoms with Crippen molar-refractivity contribution in [1.29, 1.82) is 0 Å². The molecule has 0 aliphatic rings. The molecule has 0 saturated heterocycles. The fraction of sp³-hybridized carbons (Fsp3) is 0.167. The molecule has 0 aliphatic heterocycles. The molecular weight excluding hydrogens is 416 g/mol. The lowest BCUT2D eigenvalue weighted by atomic mass is 10.1. The average molecular weight is 439 g/mol. The van der Waals surface area contributed by atoms with Crippen molar-refractivity contribution in [1.82, 2.24) is 0 Å². The summed E-state index contributed by atoms with van der Waals surface area (Å²) in [7, 11) is 1.58. The normalized spacial score (nSPS) is 11.4. The van der Waals surface area contributed by atoms with E-state index in [1.165, 1.54) is 0 Å². The van der Waals surface area contributed by atoms with Crippen LogP contribution in [-0.4, -0.2) is 25.0 Å². The molecule has 160 valence electrons. The van der Waals surface area contributed by atoms with Crippen LogP contribution in [-0.2, 0) is 4.79 Å². The van der Waals surface area contributed by atoms with Crippen LogP contribution in [0.3, 0.4) is 0 Å². The molecule has 1 atom stereocenters. The highest BCUT2D eigenvalue weighted by Crippen LogP contribution is 2.24. The minimum Gasteiger partial charge on any atom is -0.497 e. The number of carbonyl (C=O) groups is 2. The molecule has 0 saturated carbocycles. The van der Waals surface area contributed by atoms with Gasteiger partial charge < -0.3 is 20.1 Å². The molecule has 3 rings (SSSR count). The van der Waals surface area contributed by atoms with Crippen molar-refractivity contribution in [2.24, 2.45) is 0 Å². The Morgan fingerprint density at radius 1 is 0.903 bits per heavy atom. The van der Waals surface area contributed by atoms with Crippen LogP contribution >= 0.6 is 11.6 Å². The summed E-state index contributed by atoms with van der Waals surface area (Å²) in [4.78, 5) is 24.9. The minimum absolute atomic E-state index is 0.262. The molecule has 31 heavy (non-hydrogen) atoms. The molecule has 0 aromatic heterocycles. The Morgan fingerprint density at radius 3 is 2.19 bits per heavy atom. The van der Waals surface area contributed by atoms with Gasteiger partial charge in [-0.2, -0.15) is 0 Å². The first-order chi connectivity index (χ1) is 14.9. The summed E-state index contributed by atoms with van der Waals surface area (Å²) >= 11 is 6.10. The molecule has 0 aliphatic carbocycles. The standard InChI is InChI=1S/C24H23ClN2O4/c1-15-21(25)5-4-6-22(15)27-24(29)17-7-11-20(12-8-17)31-16(2)23(28)26-18-9-13-19(30-3)14-10-18/h4-14,16H,1-3H3,(H,26,28)(H,27,29). The third-order valence-corrected chi connectivity index (χ3v) is 5.08. The Balaban J connectivity index is 1.58. The summed E-state index contributed by atoms with van der Waals surface area (Å²) in [5, 5.41) is 6.22. The third-order valence-electron chi connectivity index (χ3n) is 4.67. The fourth-order valence-corrected chi connectivity index (χ4v) is 2.97. The first-order valence-electron chi connectivity index (χ1n) is 9.65. The van der Waals surface area contributed by atoms with Crippen LogP contribution in [0.2, 0.25) is 5.02 Å². The van der Waals surface area contributed by atoms with Crippen LogP contribution in [0, 0.1) is 6.92 Å². The maximum Gasteiger partial charge on any atom is 0.265 e. The Hall–Kier alpha value is -3.51. The van der Waals surface area contributed by atoms with E-state index in [0.717, 1.165) is 5.56 Å². The number of halogens is 1. The largest absolute Gasteiger partial charge is 0.497 e. The van der Waals surface area contributed by atoms with Gasteiger partial charge in [-0.05, 0) is 80.1 Å². The van der Waals surface area contributed by atoms with Crippen LogP contribution in [0.4, 0.5) is 11.4 Å². The molecule has 7 heteroatoms. The smallest absolute Gasteiger partial charge is 0.265 e. The molecule has 3 aromatic rings. The molecular formula is C24H23ClN2O4. The highest BCUT2D eigenvalue weighted by atomic mass is 35.5. The van der Waals surface area contributed by atoms with Crippen LogP contribution < -0.4 is 20.1 Å². The topological polar surface area (TPSA) is 76.7 Å². The zero-order valence-electron chi connectivity index (χ0n) is 17.4. The Labute approximate surface area is 186 Å². The second-order valence-corrected chi connectivity index (χ2v) is 7.28. The van der Waals surface area contributed by atoms with Gasteiger partial charge in [0, 0.05) is 22.0 Å². The lowest BCUT2D eigenvalue weighted by Gasteiger charge is -2.15. The number of anilines is 2. The van der Waals surface area contributed by atoms with Crippen molar-refractivity contribution in [3.63, 3.8) is 0 Å². The molecule has 1 unspecified atom stereocenters. The minimum atomic E-state index is -0.726. The molecule has 2 amide bonds. The first kappa shape index (κ1) is 22.2. The molecule has 0 bridgehead atoms. The quantitative estimate of drug-likeness (QED) is 0.523. The van der Waals surface area contributed by atoms with Crippen molar-refractivity contribution in [3.8, 4) is 11.5 Å². The zero-order valence-corrected chi connectivity index (χ0v) is 18.2. The number of carbonyl (C=O) groups excluding carboxylic acids is 2. The third kappa shape index (κ3) is 5.77. The SMILES string of the molecule is COc1ccc(NC(=O)C(C)Oc2ccc(C(=O)Nc3cccc(Cl)c3C)cc2)cc1. The van der Waals surface area contributed by atoms with Gasteiger partial charge in [-0.1, -0.05) is 17.7 Å². The van der Waals surface area contributed by atoms with E-state index in [1.54, 1.807) is 80.8 Å². The van der Waals surface area contributed by atoms with Crippen molar-refractivity contribution in [2.75, 3.05) is 17.7 Å². The van der Waals surface area contributed by atoms with E-state index in [2.05, 4.69) is 10.6 Å². The number of amides is 2. The number of benzene rings is 3. The molecule has 0 spiro atoms. The summed E-state index contributed by atoms with van der Waals surface area (Å²) in [6.07, 6.45) is -0.726. The van der Waals surface area contributed by atoms with Gasteiger partial charge >= 0.3 is 0 Å². The van der Waals surface area contributed by atoms with E-state index in [0.29, 0.717) is 33.5 Å². The highest BCUT2D eigenvalue weighted by molar-refractivity contribution is 6.31. The second-order valence-electron chi connectivity index (χ2n) is 6.87. The van der Waals surface area contributed by atoms with Crippen LogP contribution in [0.5, 0.6) is 11.5 Å². The molecule has 0 fully saturated rings. The summed E-state index contributed by atoms with van der Waals surface area (Å²) in [6.45, 7) is 3.49. The maximum atomic E-state index is 12.5. The zero-order chi connectivity index (χ0) is 22.4. The van der Waals surface area contributed by atoms with E-state index >= 15 is 0 Å². The Morgan fingerprint density at radius 2 is 1.55 bits per heavy atom. The molecule has 3 aromatic carbocycles. The summed E-state index contributed by atoms with van der Waals surface area (Å²) in [6, 6.07) is 18.9. The van der Waals surface area contributed by atoms with Crippen LogP contribution in [0.15, 0.2) is 66.7 Å². The Kier molecular flexibility index (Phi) is 7.15. The molecule has 2 N–H and O–H groups in total. The van der Waals surface area contributed by atoms with E-state index in [1.807, 2.05) is 6.92 Å². The monoisotopic (exact) mass is 438 g/mol. The van der Waals surface area contributed by atoms with Gasteiger partial charge in [0.2, 0.25) is 0 Å². The molecule has 0 radical (unpaired) electrons. The van der Waals surface area contributed by atoms with Crippen LogP contribution in [0.1, 0.15) is 22.8 Å². The highest BCUT2D eigenvalue weighted by Gasteiger charge is 2.16. The fourth-order valence-electron chi connectivity index (χ4n) is 2.80. The second kappa shape index (κ2) is 10.00. The van der Waals surface area contributed by atoms with Gasteiger partial charge in [0.05, 0.1) is 7.11 Å². The number of hydrogen-bond donors (Lipinski definition) is 2. The van der Waals surface area contributed by atoms with Gasteiger partial charge in [-0.3, -0.25) is 9.59 Å². The summed E-state index contributed by atoms with van der Waals surface area (Å²) in [5.74, 6) is 0.635. The van der Waals surface area contributed by atoms with E-state index in [-0.39, 0.29) is 11.8 Å². The number of nitrogens with one attached hydrogen (secondary N) is 2. The van der Waals surface area contributed by atoms with E-state index < -0.39 is 6.10 Å². The van der Waals surface area contributed by atoms with E-state index in [4.69, 9.17) is 21.1 Å². The lowest BCUT2D eigenvalue weighted by molar-refractivity contribution is -0.122. The van der Waals surface area contributed by atoms with Crippen LogP contribution in [0.25, 0.3) is 0 Å². The number of rotatable bonds is 7. The molecule has 6 nitrogen and oxygen atoms in total. The molecule has 0 heterocycles. The van der Waals surface area contributed by atoms with E-state index in [9.17, 15) is 9.59 Å². The number of ether oxygens (including phenoxy) is 2. The van der Waals surface area contributed by atoms with Gasteiger partial charge in [-0.25, -0.2) is 0 Å². The predicted octanol–water partition coefficient (Wildman–Crippen LogP) is 5.32. The summed E-state index contributed by atoms with van der Waals surface area (Å²) < 4.78 is 10.8. The Bertz CT molecular complexity index is 1070. The van der Waals surface area contributed by atoms with Crippen molar-refractivity contribution in [2.45, 2.75) is 20.0 Å². The van der Waals surface area contributed by atoms with Gasteiger partial charge in [0.25, 0.3) is 11.8 Å². The number of methoxy groups -OCH3 is 1. The number of hydrogen-bond acceptors (Lipinski definition) is 4. The predicted molar refractivity (Wildman–Crippen MR) is 122 cm³/mol. The van der Waals surface area contributed by atoms with Crippen molar-refractivity contribution in [3.05, 3.63) is 82.9 Å². The van der Waals surface area contributed by atoms with Crippen molar-refractivity contribution < 1.29 is 19.1 Å². The van der Waals surface area contributed by atoms with Crippen molar-refractivity contribution >= 4 is 34.8 Å². The van der Waals surface area contributed by atoms with Gasteiger partial charge in [-0.15, -0.1) is 0 Å². The maximum absolute atomic E-state index is 12.5. The summed E-state index contributed by atoms with van der Waals surface area (Å²) in [5.41, 5.74) is 2.56. The van der Waals surface area contributed by atoms with Gasteiger partial charge in [0.1, 0.15) is 11.5 Å².